The fourth-order valence-corrected chi connectivity index (χ4v) is 8.36. The molecule has 0 fully saturated rings. The summed E-state index contributed by atoms with van der Waals surface area (Å²) in [6, 6.07) is 16.3. The van der Waals surface area contributed by atoms with Crippen LogP contribution in [0.5, 0.6) is 0 Å². The van der Waals surface area contributed by atoms with Gasteiger partial charge < -0.3 is 25.7 Å². The van der Waals surface area contributed by atoms with Gasteiger partial charge in [0.15, 0.2) is 5.78 Å². The van der Waals surface area contributed by atoms with Gasteiger partial charge in [0.05, 0.1) is 27.8 Å². The van der Waals surface area contributed by atoms with Crippen molar-refractivity contribution in [3.05, 3.63) is 167 Å². The number of hydrogen-bond acceptors (Lipinski definition) is 2. The van der Waals surface area contributed by atoms with Gasteiger partial charge in [-0.3, -0.25) is 4.79 Å². The Kier molecular flexibility index (Phi) is 8.34. The first-order chi connectivity index (χ1) is 23.8. The van der Waals surface area contributed by atoms with Crippen molar-refractivity contribution in [2.45, 2.75) is 68.2 Å². The van der Waals surface area contributed by atoms with Crippen molar-refractivity contribution in [1.82, 2.24) is 9.97 Å². The number of rotatable bonds is 3. The minimum absolute atomic E-state index is 0. The number of benzene rings is 2. The van der Waals surface area contributed by atoms with Gasteiger partial charge in [0.2, 0.25) is 0 Å². The second-order valence-corrected chi connectivity index (χ2v) is 15.1. The summed E-state index contributed by atoms with van der Waals surface area (Å²) in [5.41, 5.74) is 12.8. The zero-order valence-corrected chi connectivity index (χ0v) is 31.2. The van der Waals surface area contributed by atoms with Crippen LogP contribution < -0.4 is 31.4 Å². The van der Waals surface area contributed by atoms with E-state index in [9.17, 15) is 9.90 Å². The fourth-order valence-electron chi connectivity index (χ4n) is 8.36. The zero-order valence-electron chi connectivity index (χ0n) is 30.2. The molecule has 258 valence electrons. The van der Waals surface area contributed by atoms with E-state index in [4.69, 9.17) is 20.6 Å². The number of allylic oxidation sites excluding steroid dienone is 2. The van der Waals surface area contributed by atoms with Gasteiger partial charge in [-0.1, -0.05) is 37.4 Å². The quantitative estimate of drug-likeness (QED) is 0.197. The van der Waals surface area contributed by atoms with Gasteiger partial charge in [0.1, 0.15) is 5.76 Å². The molecule has 7 heteroatoms. The van der Waals surface area contributed by atoms with E-state index < -0.39 is 0 Å². The van der Waals surface area contributed by atoms with Crippen molar-refractivity contribution in [1.29, 1.82) is 0 Å². The van der Waals surface area contributed by atoms with Crippen LogP contribution in [0.15, 0.2) is 72.5 Å². The molecule has 8 rings (SSSR count). The summed E-state index contributed by atoms with van der Waals surface area (Å²) in [6.45, 7) is 16.7. The van der Waals surface area contributed by atoms with Crippen LogP contribution in [0.1, 0.15) is 76.8 Å². The van der Waals surface area contributed by atoms with Crippen molar-refractivity contribution < 1.29 is 26.4 Å². The number of hydrogen-bond donors (Lipinski definition) is 1. The number of nitrogens with zero attached hydrogens (tertiary/aromatic N) is 4. The summed E-state index contributed by atoms with van der Waals surface area (Å²) in [4.78, 5) is 24.5. The van der Waals surface area contributed by atoms with Crippen molar-refractivity contribution >= 4 is 33.9 Å². The normalized spacial score (nSPS) is 21.8. The number of carbonyl (C=O) groups is 1. The van der Waals surface area contributed by atoms with Gasteiger partial charge in [-0.05, 0) is 146 Å². The molecule has 0 radical (unpaired) electrons. The molecule has 0 amide bonds. The average molecular weight is 716 g/mol. The van der Waals surface area contributed by atoms with E-state index >= 15 is 0 Å². The van der Waals surface area contributed by atoms with E-state index in [1.807, 2.05) is 50.3 Å². The SMILES string of the molecule is Cc1cc(C)c(/C2=c3\cc/c([n-]3)=C3\C=C[C+]([N-]3)/C(c3c(C)cc(C)cc3C)=c3\[n-]/c(cc3C3=C(O)CC(C)(C)CC3=O)=C3/C=C[C+]2[N-]3)c(C)c1.[Ni+2]. The Morgan fingerprint density at radius 3 is 1.75 bits per heavy atom. The molecule has 51 heavy (non-hydrogen) atoms. The Bertz CT molecular complexity index is 2470. The third-order valence-corrected chi connectivity index (χ3v) is 10.2. The van der Waals surface area contributed by atoms with Crippen LogP contribution in [0.2, 0.25) is 0 Å². The van der Waals surface area contributed by atoms with Crippen LogP contribution in [0.4, 0.5) is 0 Å². The minimum atomic E-state index is -0.340. The third-order valence-electron chi connectivity index (χ3n) is 10.2. The molecule has 6 nitrogen and oxygen atoms in total. The van der Waals surface area contributed by atoms with E-state index in [0.29, 0.717) is 40.4 Å². The molecule has 1 N–H and O–H groups in total. The van der Waals surface area contributed by atoms with Crippen LogP contribution in [-0.4, -0.2) is 10.9 Å². The molecular weight excluding hydrogens is 675 g/mol. The minimum Gasteiger partial charge on any atom is -0.612 e. The van der Waals surface area contributed by atoms with Crippen molar-refractivity contribution in [2.24, 2.45) is 5.41 Å². The first-order valence-electron chi connectivity index (χ1n) is 17.2. The first kappa shape index (κ1) is 34.5. The van der Waals surface area contributed by atoms with Crippen LogP contribution >= 0.6 is 0 Å². The molecule has 4 aromatic rings. The Morgan fingerprint density at radius 2 is 1.18 bits per heavy atom. The molecule has 4 aliphatic rings. The number of fused-ring (bicyclic) bond motifs is 8. The topological polar surface area (TPSA) is 93.7 Å². The number of carbonyl (C=O) groups excluding carboxylic acids is 1. The number of ketones is 1. The van der Waals surface area contributed by atoms with Gasteiger partial charge in [-0.25, -0.2) is 0 Å². The van der Waals surface area contributed by atoms with Gasteiger partial charge in [0.25, 0.3) is 0 Å². The van der Waals surface area contributed by atoms with Crippen molar-refractivity contribution in [2.75, 3.05) is 0 Å². The number of aliphatic hydroxyl groups is 1. The monoisotopic (exact) mass is 714 g/mol. The molecule has 3 aliphatic heterocycles. The number of Topliss-reactive ketones (excluding diaryl/α,β-unsaturated/α-hetero) is 1. The maximum absolute atomic E-state index is 14.0. The van der Waals surface area contributed by atoms with Gasteiger partial charge >= 0.3 is 16.5 Å². The maximum atomic E-state index is 14.0. The molecule has 5 heterocycles. The largest absolute Gasteiger partial charge is 2.00 e. The second kappa shape index (κ2) is 12.3. The number of aliphatic hydroxyl groups excluding tert-OH is 1. The van der Waals surface area contributed by atoms with Gasteiger partial charge in [0, 0.05) is 30.6 Å². The molecule has 0 spiro atoms. The first-order valence-corrected chi connectivity index (χ1v) is 17.2. The third kappa shape index (κ3) is 5.78. The molecule has 0 unspecified atom stereocenters. The summed E-state index contributed by atoms with van der Waals surface area (Å²) in [5, 5.41) is 24.8. The van der Waals surface area contributed by atoms with E-state index in [1.54, 1.807) is 0 Å². The second-order valence-electron chi connectivity index (χ2n) is 15.1. The molecule has 8 bridgehead atoms. The molecule has 0 saturated carbocycles. The molecule has 0 saturated heterocycles. The summed E-state index contributed by atoms with van der Waals surface area (Å²) in [6.07, 6.45) is 8.80. The summed E-state index contributed by atoms with van der Waals surface area (Å²) >= 11 is 0. The Balaban J connectivity index is 0.00000406. The van der Waals surface area contributed by atoms with Crippen molar-refractivity contribution in [3.8, 4) is 0 Å². The Labute approximate surface area is 309 Å². The molecule has 2 aromatic heterocycles. The van der Waals surface area contributed by atoms with Crippen LogP contribution in [0.25, 0.3) is 38.7 Å². The predicted octanol–water partition coefficient (Wildman–Crippen LogP) is 6.39. The van der Waals surface area contributed by atoms with Gasteiger partial charge in [-0.15, -0.1) is 10.7 Å². The molecule has 0 atom stereocenters. The Morgan fingerprint density at radius 1 is 0.667 bits per heavy atom. The maximum Gasteiger partial charge on any atom is 2.00 e. The van der Waals surface area contributed by atoms with E-state index in [-0.39, 0.29) is 33.4 Å². The van der Waals surface area contributed by atoms with Crippen LogP contribution in [0.3, 0.4) is 0 Å². The number of aromatic nitrogens is 2. The van der Waals surface area contributed by atoms with E-state index in [2.05, 4.69) is 71.9 Å². The standard InChI is InChI=1S/C44H40N4O2.Ni/c1-22-15-24(3)38(25(4)16-22)41-32-12-9-29(45-32)30-10-14-34(46-30)42(39-26(5)17-23(2)18-27(39)6)43-28(19-35(48-43)31-11-13-33(41)47-31)40-36(49)20-44(7,8)21-37(40)50;/h9-19H,20-21H2,1-8H3,(H,49,50);/q-2;+2/b30-29-,35-31-,41-32+,43-42+;. The van der Waals surface area contributed by atoms with Gasteiger partial charge in [-0.2, -0.15) is 0 Å². The fraction of sp³-hybridized carbons (Fsp3) is 0.250. The Hall–Kier alpha value is -5.00. The van der Waals surface area contributed by atoms with Crippen molar-refractivity contribution in [3.63, 3.8) is 0 Å². The summed E-state index contributed by atoms with van der Waals surface area (Å²) < 4.78 is 0. The summed E-state index contributed by atoms with van der Waals surface area (Å²) in [7, 11) is 0. The average Bonchev–Trinajstić information content (AvgIpc) is 3.82. The molecule has 1 aliphatic carbocycles. The smallest absolute Gasteiger partial charge is 0.612 e. The van der Waals surface area contributed by atoms with Crippen LogP contribution in [0, 0.1) is 59.0 Å². The zero-order chi connectivity index (χ0) is 35.2. The molecule has 2 aromatic carbocycles. The predicted molar refractivity (Wildman–Crippen MR) is 200 cm³/mol. The summed E-state index contributed by atoms with van der Waals surface area (Å²) in [5.74, 6) is 0.0116. The molecular formula is C44H40N4NiO2. The van der Waals surface area contributed by atoms with E-state index in [1.165, 1.54) is 5.56 Å². The van der Waals surface area contributed by atoms with Crippen LogP contribution in [-0.2, 0) is 21.3 Å². The number of aryl methyl sites for hydroxylation is 6. The van der Waals surface area contributed by atoms with E-state index in [0.717, 1.165) is 78.6 Å².